The summed E-state index contributed by atoms with van der Waals surface area (Å²) < 4.78 is 9.90. The van der Waals surface area contributed by atoms with Crippen LogP contribution in [0.5, 0.6) is 5.75 Å². The Balaban J connectivity index is 1.61. The highest BCUT2D eigenvalue weighted by atomic mass is 16.5. The summed E-state index contributed by atoms with van der Waals surface area (Å²) in [6, 6.07) is 16.6. The summed E-state index contributed by atoms with van der Waals surface area (Å²) in [6.45, 7) is 4.44. The van der Waals surface area contributed by atoms with E-state index in [-0.39, 0.29) is 0 Å². The molecule has 5 heteroatoms. The number of benzene rings is 2. The number of ether oxygens (including phenoxy) is 1. The summed E-state index contributed by atoms with van der Waals surface area (Å²) >= 11 is 0. The predicted octanol–water partition coefficient (Wildman–Crippen LogP) is 4.06. The van der Waals surface area contributed by atoms with Crippen LogP contribution in [0.25, 0.3) is 28.1 Å². The van der Waals surface area contributed by atoms with Gasteiger partial charge in [0.1, 0.15) is 5.75 Å². The normalized spacial score (nSPS) is 15.1. The lowest BCUT2D eigenvalue weighted by Crippen LogP contribution is -2.24. The molecule has 1 fully saturated rings. The number of imidazole rings is 2. The predicted molar refractivity (Wildman–Crippen MR) is 108 cm³/mol. The fourth-order valence-electron chi connectivity index (χ4n) is 4.11. The largest absolute Gasteiger partial charge is 0.497 e. The SMILES string of the molecule is COc1ccc(-c2cn3c4ccccc4nc3n2CCN2CCCC2)cc1. The number of rotatable bonds is 5. The van der Waals surface area contributed by atoms with Crippen molar-refractivity contribution in [2.45, 2.75) is 19.4 Å². The number of para-hydroxylation sites is 2. The zero-order chi connectivity index (χ0) is 18.2. The summed E-state index contributed by atoms with van der Waals surface area (Å²) in [7, 11) is 1.70. The topological polar surface area (TPSA) is 34.7 Å². The van der Waals surface area contributed by atoms with E-state index in [1.54, 1.807) is 7.11 Å². The van der Waals surface area contributed by atoms with Gasteiger partial charge in [-0.15, -0.1) is 0 Å². The van der Waals surface area contributed by atoms with E-state index >= 15 is 0 Å². The lowest BCUT2D eigenvalue weighted by Gasteiger charge is -2.16. The van der Waals surface area contributed by atoms with Crippen LogP contribution in [-0.2, 0) is 6.54 Å². The van der Waals surface area contributed by atoms with E-state index < -0.39 is 0 Å². The molecular weight excluding hydrogens is 336 g/mol. The number of methoxy groups -OCH3 is 1. The molecule has 0 bridgehead atoms. The molecule has 27 heavy (non-hydrogen) atoms. The van der Waals surface area contributed by atoms with Gasteiger partial charge >= 0.3 is 0 Å². The fourth-order valence-corrected chi connectivity index (χ4v) is 4.11. The maximum Gasteiger partial charge on any atom is 0.215 e. The Morgan fingerprint density at radius 3 is 2.52 bits per heavy atom. The third kappa shape index (κ3) is 2.88. The van der Waals surface area contributed by atoms with E-state index in [1.165, 1.54) is 37.2 Å². The summed E-state index contributed by atoms with van der Waals surface area (Å²) in [5, 5.41) is 0. The van der Waals surface area contributed by atoms with Crippen LogP contribution in [0, 0.1) is 0 Å². The molecule has 2 aromatic carbocycles. The first-order valence-corrected chi connectivity index (χ1v) is 9.66. The first-order chi connectivity index (χ1) is 13.3. The van der Waals surface area contributed by atoms with Gasteiger partial charge in [-0.3, -0.25) is 4.40 Å². The third-order valence-corrected chi connectivity index (χ3v) is 5.59. The van der Waals surface area contributed by atoms with Crippen LogP contribution >= 0.6 is 0 Å². The molecule has 1 aliphatic heterocycles. The summed E-state index contributed by atoms with van der Waals surface area (Å²) in [4.78, 5) is 7.48. The number of aromatic nitrogens is 3. The van der Waals surface area contributed by atoms with Crippen molar-refractivity contribution in [1.29, 1.82) is 0 Å². The molecule has 1 aliphatic rings. The highest BCUT2D eigenvalue weighted by Gasteiger charge is 2.17. The molecule has 0 aliphatic carbocycles. The average molecular weight is 360 g/mol. The Hall–Kier alpha value is -2.79. The van der Waals surface area contributed by atoms with Crippen LogP contribution in [0.4, 0.5) is 0 Å². The van der Waals surface area contributed by atoms with Crippen LogP contribution in [-0.4, -0.2) is 45.6 Å². The van der Waals surface area contributed by atoms with E-state index in [0.29, 0.717) is 0 Å². The van der Waals surface area contributed by atoms with E-state index in [4.69, 9.17) is 9.72 Å². The van der Waals surface area contributed by atoms with Crippen LogP contribution in [0.1, 0.15) is 12.8 Å². The van der Waals surface area contributed by atoms with Crippen molar-refractivity contribution in [3.8, 4) is 17.0 Å². The molecule has 5 nitrogen and oxygen atoms in total. The van der Waals surface area contributed by atoms with Gasteiger partial charge in [0.15, 0.2) is 0 Å². The van der Waals surface area contributed by atoms with Crippen molar-refractivity contribution in [3.05, 3.63) is 54.7 Å². The van der Waals surface area contributed by atoms with Crippen molar-refractivity contribution in [1.82, 2.24) is 18.9 Å². The quantitative estimate of drug-likeness (QED) is 0.538. The van der Waals surface area contributed by atoms with E-state index in [1.807, 2.05) is 18.2 Å². The molecule has 0 atom stereocenters. The smallest absolute Gasteiger partial charge is 0.215 e. The second-order valence-electron chi connectivity index (χ2n) is 7.21. The molecule has 0 radical (unpaired) electrons. The average Bonchev–Trinajstić information content (AvgIpc) is 3.42. The molecule has 4 aromatic rings. The van der Waals surface area contributed by atoms with Crippen molar-refractivity contribution < 1.29 is 4.74 Å². The molecule has 1 saturated heterocycles. The van der Waals surface area contributed by atoms with Gasteiger partial charge in [0.25, 0.3) is 0 Å². The molecule has 2 aromatic heterocycles. The molecule has 5 rings (SSSR count). The van der Waals surface area contributed by atoms with Crippen LogP contribution < -0.4 is 4.74 Å². The fraction of sp³-hybridized carbons (Fsp3) is 0.318. The van der Waals surface area contributed by atoms with Crippen molar-refractivity contribution in [2.75, 3.05) is 26.7 Å². The van der Waals surface area contributed by atoms with Gasteiger partial charge in [-0.1, -0.05) is 12.1 Å². The van der Waals surface area contributed by atoms with E-state index in [0.717, 1.165) is 35.7 Å². The van der Waals surface area contributed by atoms with Crippen molar-refractivity contribution in [2.24, 2.45) is 0 Å². The Bertz CT molecular complexity index is 1070. The summed E-state index contributed by atoms with van der Waals surface area (Å²) in [5.74, 6) is 1.89. The second kappa shape index (κ2) is 6.74. The molecule has 0 unspecified atom stereocenters. The lowest BCUT2D eigenvalue weighted by molar-refractivity contribution is 0.324. The lowest BCUT2D eigenvalue weighted by atomic mass is 10.1. The molecule has 0 saturated carbocycles. The van der Waals surface area contributed by atoms with E-state index in [9.17, 15) is 0 Å². The molecular formula is C22H24N4O. The first-order valence-electron chi connectivity index (χ1n) is 9.66. The summed E-state index contributed by atoms with van der Waals surface area (Å²) in [5.41, 5.74) is 4.59. The zero-order valence-corrected chi connectivity index (χ0v) is 15.6. The molecule has 0 N–H and O–H groups in total. The van der Waals surface area contributed by atoms with Crippen LogP contribution in [0.2, 0.25) is 0 Å². The summed E-state index contributed by atoms with van der Waals surface area (Å²) in [6.07, 6.45) is 4.86. The maximum atomic E-state index is 5.32. The maximum absolute atomic E-state index is 5.32. The van der Waals surface area contributed by atoms with Crippen LogP contribution in [0.15, 0.2) is 54.7 Å². The minimum absolute atomic E-state index is 0.879. The zero-order valence-electron chi connectivity index (χ0n) is 15.6. The number of likely N-dealkylation sites (tertiary alicyclic amines) is 1. The molecule has 0 amide bonds. The van der Waals surface area contributed by atoms with Gasteiger partial charge in [-0.2, -0.15) is 0 Å². The highest BCUT2D eigenvalue weighted by Crippen LogP contribution is 2.28. The Morgan fingerprint density at radius 1 is 0.963 bits per heavy atom. The standard InChI is InChI=1S/C22H24N4O/c1-27-18-10-8-17(9-11-18)21-16-26-20-7-3-2-6-19(20)23-22(26)25(21)15-14-24-12-4-5-13-24/h2-3,6-11,16H,4-5,12-15H2,1H3. The van der Waals surface area contributed by atoms with Gasteiger partial charge in [0.05, 0.1) is 23.8 Å². The Kier molecular flexibility index (Phi) is 4.09. The number of fused-ring (bicyclic) bond motifs is 3. The number of nitrogens with zero attached hydrogens (tertiary/aromatic N) is 4. The first kappa shape index (κ1) is 16.4. The second-order valence-corrected chi connectivity index (χ2v) is 7.21. The minimum Gasteiger partial charge on any atom is -0.497 e. The van der Waals surface area contributed by atoms with Crippen LogP contribution in [0.3, 0.4) is 0 Å². The van der Waals surface area contributed by atoms with Gasteiger partial charge in [0.2, 0.25) is 5.78 Å². The third-order valence-electron chi connectivity index (χ3n) is 5.59. The molecule has 0 spiro atoms. The Morgan fingerprint density at radius 2 is 1.74 bits per heavy atom. The van der Waals surface area contributed by atoms with Gasteiger partial charge < -0.3 is 14.2 Å². The highest BCUT2D eigenvalue weighted by molar-refractivity contribution is 5.81. The van der Waals surface area contributed by atoms with E-state index in [2.05, 4.69) is 50.4 Å². The molecule has 138 valence electrons. The minimum atomic E-state index is 0.879. The monoisotopic (exact) mass is 360 g/mol. The molecule has 3 heterocycles. The van der Waals surface area contributed by atoms with Crippen molar-refractivity contribution in [3.63, 3.8) is 0 Å². The van der Waals surface area contributed by atoms with Gasteiger partial charge in [0, 0.05) is 24.8 Å². The Labute approximate surface area is 158 Å². The number of hydrogen-bond acceptors (Lipinski definition) is 3. The van der Waals surface area contributed by atoms with Crippen molar-refractivity contribution >= 4 is 16.8 Å². The van der Waals surface area contributed by atoms with Gasteiger partial charge in [-0.05, 0) is 62.3 Å². The number of hydrogen-bond donors (Lipinski definition) is 0. The van der Waals surface area contributed by atoms with Gasteiger partial charge in [-0.25, -0.2) is 4.98 Å².